The van der Waals surface area contributed by atoms with E-state index in [9.17, 15) is 0 Å². The molecule has 0 fully saturated rings. The van der Waals surface area contributed by atoms with E-state index in [2.05, 4.69) is 70.7 Å². The summed E-state index contributed by atoms with van der Waals surface area (Å²) in [6, 6.07) is 8.39. The molecule has 0 radical (unpaired) electrons. The zero-order valence-corrected chi connectivity index (χ0v) is 13.3. The third-order valence-corrected chi connectivity index (χ3v) is 4.43. The molecule has 1 aromatic heterocycles. The van der Waals surface area contributed by atoms with Crippen molar-refractivity contribution in [2.75, 3.05) is 0 Å². The zero-order valence-electron chi connectivity index (χ0n) is 10.4. The third kappa shape index (κ3) is 3.20. The van der Waals surface area contributed by atoms with E-state index in [1.54, 1.807) is 0 Å². The Morgan fingerprint density at radius 3 is 2.72 bits per heavy atom. The van der Waals surface area contributed by atoms with E-state index in [-0.39, 0.29) is 0 Å². The maximum atomic E-state index is 6.14. The normalized spacial score (nSPS) is 10.7. The molecule has 1 heterocycles. The molecule has 4 heteroatoms. The highest BCUT2D eigenvalue weighted by molar-refractivity contribution is 14.1. The van der Waals surface area contributed by atoms with Gasteiger partial charge in [-0.25, -0.2) is 9.97 Å². The molecule has 94 valence electrons. The van der Waals surface area contributed by atoms with Gasteiger partial charge in [-0.3, -0.25) is 0 Å². The van der Waals surface area contributed by atoms with E-state index in [0.717, 1.165) is 27.9 Å². The first-order valence-corrected chi connectivity index (χ1v) is 7.32. The maximum Gasteiger partial charge on any atom is 0.146 e. The van der Waals surface area contributed by atoms with E-state index in [1.165, 1.54) is 11.1 Å². The molecule has 0 aliphatic rings. The summed E-state index contributed by atoms with van der Waals surface area (Å²) >= 11 is 8.34. The van der Waals surface area contributed by atoms with Crippen LogP contribution < -0.4 is 0 Å². The average Bonchev–Trinajstić information content (AvgIpc) is 2.33. The van der Waals surface area contributed by atoms with E-state index in [1.807, 2.05) is 0 Å². The Morgan fingerprint density at radius 2 is 2.06 bits per heavy atom. The quantitative estimate of drug-likeness (QED) is 0.596. The average molecular weight is 373 g/mol. The van der Waals surface area contributed by atoms with Gasteiger partial charge in [-0.05, 0) is 41.5 Å². The lowest BCUT2D eigenvalue weighted by atomic mass is 10.1. The van der Waals surface area contributed by atoms with Gasteiger partial charge in [0, 0.05) is 6.42 Å². The van der Waals surface area contributed by atoms with Gasteiger partial charge in [-0.1, -0.05) is 48.4 Å². The second kappa shape index (κ2) is 5.97. The topological polar surface area (TPSA) is 25.8 Å². The van der Waals surface area contributed by atoms with Crippen LogP contribution in [0, 0.1) is 10.5 Å². The summed E-state index contributed by atoms with van der Waals surface area (Å²) in [6.45, 7) is 4.17. The molecule has 2 aromatic rings. The zero-order chi connectivity index (χ0) is 13.1. The second-order valence-electron chi connectivity index (χ2n) is 4.21. The second-order valence-corrected chi connectivity index (χ2v) is 5.65. The predicted octanol–water partition coefficient (Wildman–Crippen LogP) is 4.20. The Labute approximate surface area is 126 Å². The first-order chi connectivity index (χ1) is 8.60. The lowest BCUT2D eigenvalue weighted by Gasteiger charge is -2.07. The lowest BCUT2D eigenvalue weighted by molar-refractivity contribution is 0.895. The van der Waals surface area contributed by atoms with Crippen molar-refractivity contribution in [1.82, 2.24) is 9.97 Å². The number of rotatable bonds is 3. The van der Waals surface area contributed by atoms with E-state index < -0.39 is 0 Å². The molecule has 0 saturated carbocycles. The van der Waals surface area contributed by atoms with Gasteiger partial charge >= 0.3 is 0 Å². The molecule has 2 nitrogen and oxygen atoms in total. The van der Waals surface area contributed by atoms with Gasteiger partial charge in [-0.15, -0.1) is 0 Å². The number of benzene rings is 1. The number of aryl methyl sites for hydroxylation is 2. The number of nitrogens with zero attached hydrogens (tertiary/aromatic N) is 2. The number of hydrogen-bond acceptors (Lipinski definition) is 2. The van der Waals surface area contributed by atoms with Crippen molar-refractivity contribution in [3.05, 3.63) is 55.6 Å². The summed E-state index contributed by atoms with van der Waals surface area (Å²) in [5, 5.41) is 0.560. The Morgan fingerprint density at radius 1 is 1.28 bits per heavy atom. The minimum absolute atomic E-state index is 0.560. The van der Waals surface area contributed by atoms with Crippen LogP contribution in [0.5, 0.6) is 0 Å². The summed E-state index contributed by atoms with van der Waals surface area (Å²) in [5.74, 6) is 0.794. The van der Waals surface area contributed by atoms with E-state index in [0.29, 0.717) is 5.15 Å². The van der Waals surface area contributed by atoms with Crippen molar-refractivity contribution >= 4 is 34.2 Å². The molecule has 0 unspecified atom stereocenters. The van der Waals surface area contributed by atoms with Crippen molar-refractivity contribution in [3.63, 3.8) is 0 Å². The van der Waals surface area contributed by atoms with Crippen molar-refractivity contribution in [1.29, 1.82) is 0 Å². The van der Waals surface area contributed by atoms with Gasteiger partial charge in [0.2, 0.25) is 0 Å². The molecule has 0 saturated heterocycles. The summed E-state index contributed by atoms with van der Waals surface area (Å²) in [6.07, 6.45) is 1.60. The first kappa shape index (κ1) is 13.7. The van der Waals surface area contributed by atoms with Crippen LogP contribution in [0.4, 0.5) is 0 Å². The standard InChI is InChI=1S/C14H14ClIN2/c1-3-11-13(16)14(15)18-12(17-11)8-10-6-4-5-9(2)7-10/h4-7H,3,8H2,1-2H3. The van der Waals surface area contributed by atoms with Gasteiger partial charge in [0.25, 0.3) is 0 Å². The highest BCUT2D eigenvalue weighted by atomic mass is 127. The van der Waals surface area contributed by atoms with Crippen LogP contribution >= 0.6 is 34.2 Å². The number of hydrogen-bond donors (Lipinski definition) is 0. The van der Waals surface area contributed by atoms with Crippen LogP contribution in [0.25, 0.3) is 0 Å². The molecule has 2 rings (SSSR count). The highest BCUT2D eigenvalue weighted by Gasteiger charge is 2.09. The van der Waals surface area contributed by atoms with Gasteiger partial charge in [0.1, 0.15) is 11.0 Å². The molecule has 0 aliphatic carbocycles. The van der Waals surface area contributed by atoms with Crippen LogP contribution in [-0.2, 0) is 12.8 Å². The lowest BCUT2D eigenvalue weighted by Crippen LogP contribution is -2.03. The van der Waals surface area contributed by atoms with Crippen LogP contribution in [0.1, 0.15) is 29.6 Å². The predicted molar refractivity (Wildman–Crippen MR) is 83.1 cm³/mol. The number of halogens is 2. The molecule has 0 aliphatic heterocycles. The molecular formula is C14H14ClIN2. The van der Waals surface area contributed by atoms with Crippen molar-refractivity contribution in [2.24, 2.45) is 0 Å². The van der Waals surface area contributed by atoms with Crippen molar-refractivity contribution in [3.8, 4) is 0 Å². The van der Waals surface area contributed by atoms with Crippen molar-refractivity contribution in [2.45, 2.75) is 26.7 Å². The highest BCUT2D eigenvalue weighted by Crippen LogP contribution is 2.20. The minimum atomic E-state index is 0.560. The summed E-state index contributed by atoms with van der Waals surface area (Å²) < 4.78 is 0.963. The fraction of sp³-hybridized carbons (Fsp3) is 0.286. The first-order valence-electron chi connectivity index (χ1n) is 5.86. The molecule has 18 heavy (non-hydrogen) atoms. The van der Waals surface area contributed by atoms with Crippen LogP contribution in [0.3, 0.4) is 0 Å². The Hall–Kier alpha value is -0.680. The Balaban J connectivity index is 2.32. The smallest absolute Gasteiger partial charge is 0.146 e. The molecule has 0 bridgehead atoms. The fourth-order valence-electron chi connectivity index (χ4n) is 1.83. The summed E-state index contributed by atoms with van der Waals surface area (Å²) in [5.41, 5.74) is 3.49. The number of aromatic nitrogens is 2. The van der Waals surface area contributed by atoms with E-state index >= 15 is 0 Å². The van der Waals surface area contributed by atoms with Crippen molar-refractivity contribution < 1.29 is 0 Å². The monoisotopic (exact) mass is 372 g/mol. The fourth-order valence-corrected chi connectivity index (χ4v) is 2.66. The van der Waals surface area contributed by atoms with Gasteiger partial charge < -0.3 is 0 Å². The maximum absolute atomic E-state index is 6.14. The Bertz CT molecular complexity index is 570. The molecular weight excluding hydrogens is 359 g/mol. The molecule has 0 atom stereocenters. The Kier molecular flexibility index (Phi) is 4.56. The summed E-state index contributed by atoms with van der Waals surface area (Å²) in [4.78, 5) is 8.93. The van der Waals surface area contributed by atoms with Crippen LogP contribution in [0.2, 0.25) is 5.15 Å². The van der Waals surface area contributed by atoms with E-state index in [4.69, 9.17) is 11.6 Å². The van der Waals surface area contributed by atoms with Gasteiger partial charge in [-0.2, -0.15) is 0 Å². The molecule has 0 spiro atoms. The van der Waals surface area contributed by atoms with Crippen LogP contribution in [-0.4, -0.2) is 9.97 Å². The van der Waals surface area contributed by atoms with Gasteiger partial charge in [0.15, 0.2) is 0 Å². The SMILES string of the molecule is CCc1nc(Cc2cccc(C)c2)nc(Cl)c1I. The minimum Gasteiger partial charge on any atom is -0.236 e. The molecule has 1 aromatic carbocycles. The van der Waals surface area contributed by atoms with Crippen LogP contribution in [0.15, 0.2) is 24.3 Å². The molecule has 0 amide bonds. The van der Waals surface area contributed by atoms with Gasteiger partial charge in [0.05, 0.1) is 9.26 Å². The summed E-state index contributed by atoms with van der Waals surface area (Å²) in [7, 11) is 0. The molecule has 0 N–H and O–H groups in total. The third-order valence-electron chi connectivity index (χ3n) is 2.71. The largest absolute Gasteiger partial charge is 0.236 e.